The second kappa shape index (κ2) is 10.4. The normalized spacial score (nSPS) is 12.3. The van der Waals surface area contributed by atoms with Crippen LogP contribution in [0.2, 0.25) is 5.02 Å². The van der Waals surface area contributed by atoms with E-state index in [9.17, 15) is 29.3 Å². The van der Waals surface area contributed by atoms with Gasteiger partial charge in [-0.25, -0.2) is 4.79 Å². The van der Waals surface area contributed by atoms with Crippen LogP contribution in [0.15, 0.2) is 66.7 Å². The number of nitro benzene ring substituents is 1. The lowest BCUT2D eigenvalue weighted by molar-refractivity contribution is -0.383. The highest BCUT2D eigenvalue weighted by atomic mass is 35.5. The average Bonchev–Trinajstić information content (AvgIpc) is 3.11. The highest BCUT2D eigenvalue weighted by molar-refractivity contribution is 6.31. The predicted octanol–water partition coefficient (Wildman–Crippen LogP) is 3.88. The lowest BCUT2D eigenvalue weighted by atomic mass is 10.1. The molecule has 3 amide bonds. The number of halogens is 1. The average molecular weight is 508 g/mol. The molecule has 36 heavy (non-hydrogen) atoms. The number of fused-ring (bicyclic) bond motifs is 1. The van der Waals surface area contributed by atoms with Gasteiger partial charge in [-0.1, -0.05) is 41.9 Å². The van der Waals surface area contributed by atoms with Crippen molar-refractivity contribution in [2.24, 2.45) is 0 Å². The molecule has 0 fully saturated rings. The van der Waals surface area contributed by atoms with Gasteiger partial charge < -0.3 is 10.1 Å². The zero-order chi connectivity index (χ0) is 25.8. The van der Waals surface area contributed by atoms with E-state index in [1.165, 1.54) is 30.3 Å². The van der Waals surface area contributed by atoms with Gasteiger partial charge in [-0.05, 0) is 42.3 Å². The summed E-state index contributed by atoms with van der Waals surface area (Å²) in [7, 11) is 0. The molecule has 0 atom stereocenters. The molecule has 1 aliphatic heterocycles. The van der Waals surface area contributed by atoms with Crippen LogP contribution < -0.4 is 5.32 Å². The standard InChI is InChI=1S/C25H18ClN3O7/c26-17-7-9-20(21(13-17)29(34)35)27-22(30)14-36-25(33)16-6-8-18-19(12-16)24(32)28(23(18)31)11-10-15-4-2-1-3-5-15/h1-9,12-13H,10-11,14H2,(H,27,30). The van der Waals surface area contributed by atoms with Gasteiger partial charge in [0.15, 0.2) is 6.61 Å². The van der Waals surface area contributed by atoms with Crippen LogP contribution in [-0.4, -0.2) is 46.7 Å². The minimum absolute atomic E-state index is 0.0231. The van der Waals surface area contributed by atoms with E-state index in [2.05, 4.69) is 5.32 Å². The van der Waals surface area contributed by atoms with Crippen LogP contribution in [0.1, 0.15) is 36.6 Å². The fraction of sp³-hybridized carbons (Fsp3) is 0.120. The summed E-state index contributed by atoms with van der Waals surface area (Å²) < 4.78 is 4.98. The molecule has 0 radical (unpaired) electrons. The summed E-state index contributed by atoms with van der Waals surface area (Å²) in [5, 5.41) is 13.6. The van der Waals surface area contributed by atoms with Gasteiger partial charge in [-0.15, -0.1) is 0 Å². The zero-order valence-electron chi connectivity index (χ0n) is 18.6. The number of benzene rings is 3. The molecular formula is C25H18ClN3O7. The number of rotatable bonds is 8. The van der Waals surface area contributed by atoms with Gasteiger partial charge >= 0.3 is 5.97 Å². The number of carbonyl (C=O) groups is 4. The van der Waals surface area contributed by atoms with E-state index in [1.54, 1.807) is 0 Å². The topological polar surface area (TPSA) is 136 Å². The van der Waals surface area contributed by atoms with Crippen molar-refractivity contribution in [3.05, 3.63) is 104 Å². The number of hydrogen-bond donors (Lipinski definition) is 1. The third-order valence-corrected chi connectivity index (χ3v) is 5.67. The molecule has 1 N–H and O–H groups in total. The molecule has 3 aromatic carbocycles. The van der Waals surface area contributed by atoms with Crippen molar-refractivity contribution in [3.63, 3.8) is 0 Å². The summed E-state index contributed by atoms with van der Waals surface area (Å²) in [6.45, 7) is -0.543. The Hall–Kier alpha value is -4.57. The van der Waals surface area contributed by atoms with Crippen molar-refractivity contribution >= 4 is 46.7 Å². The van der Waals surface area contributed by atoms with Crippen LogP contribution in [0.5, 0.6) is 0 Å². The first-order chi connectivity index (χ1) is 17.2. The molecule has 0 bridgehead atoms. The summed E-state index contributed by atoms with van der Waals surface area (Å²) in [4.78, 5) is 61.7. The van der Waals surface area contributed by atoms with E-state index >= 15 is 0 Å². The summed E-state index contributed by atoms with van der Waals surface area (Å²) in [6.07, 6.45) is 0.488. The van der Waals surface area contributed by atoms with E-state index in [0.29, 0.717) is 6.42 Å². The van der Waals surface area contributed by atoms with E-state index < -0.39 is 40.9 Å². The second-order valence-corrected chi connectivity index (χ2v) is 8.24. The number of imide groups is 1. The number of amides is 3. The molecular weight excluding hydrogens is 490 g/mol. The van der Waals surface area contributed by atoms with E-state index in [0.717, 1.165) is 16.5 Å². The lowest BCUT2D eigenvalue weighted by Gasteiger charge is -2.13. The zero-order valence-corrected chi connectivity index (χ0v) is 19.4. The molecule has 0 aromatic heterocycles. The van der Waals surface area contributed by atoms with Crippen molar-refractivity contribution in [3.8, 4) is 0 Å². The minimum atomic E-state index is -0.901. The van der Waals surface area contributed by atoms with E-state index in [4.69, 9.17) is 16.3 Å². The quantitative estimate of drug-likeness (QED) is 0.211. The van der Waals surface area contributed by atoms with Gasteiger partial charge in [0, 0.05) is 17.6 Å². The minimum Gasteiger partial charge on any atom is -0.452 e. The van der Waals surface area contributed by atoms with Crippen molar-refractivity contribution in [1.82, 2.24) is 4.90 Å². The molecule has 3 aromatic rings. The summed E-state index contributed by atoms with van der Waals surface area (Å²) in [5.41, 5.74) is 0.676. The Bertz CT molecular complexity index is 1390. The predicted molar refractivity (Wildman–Crippen MR) is 129 cm³/mol. The molecule has 182 valence electrons. The van der Waals surface area contributed by atoms with Crippen molar-refractivity contribution in [2.75, 3.05) is 18.5 Å². The third kappa shape index (κ3) is 5.23. The number of hydrogen-bond acceptors (Lipinski definition) is 7. The number of anilines is 1. The molecule has 0 saturated carbocycles. The van der Waals surface area contributed by atoms with Crippen molar-refractivity contribution in [1.29, 1.82) is 0 Å². The number of ether oxygens (including phenoxy) is 1. The Morgan fingerprint density at radius 2 is 1.69 bits per heavy atom. The molecule has 4 rings (SSSR count). The Morgan fingerprint density at radius 1 is 0.972 bits per heavy atom. The molecule has 1 aliphatic rings. The largest absolute Gasteiger partial charge is 0.452 e. The maximum Gasteiger partial charge on any atom is 0.338 e. The Labute approximate surface area is 209 Å². The Morgan fingerprint density at radius 3 is 2.42 bits per heavy atom. The van der Waals surface area contributed by atoms with Crippen LogP contribution in [0.4, 0.5) is 11.4 Å². The van der Waals surface area contributed by atoms with Gasteiger partial charge in [0.1, 0.15) is 5.69 Å². The molecule has 0 unspecified atom stereocenters. The summed E-state index contributed by atoms with van der Waals surface area (Å²) >= 11 is 5.75. The lowest BCUT2D eigenvalue weighted by Crippen LogP contribution is -2.31. The van der Waals surface area contributed by atoms with E-state index in [1.807, 2.05) is 30.3 Å². The molecule has 1 heterocycles. The first kappa shape index (κ1) is 24.6. The number of esters is 1. The van der Waals surface area contributed by atoms with Crippen molar-refractivity contribution in [2.45, 2.75) is 6.42 Å². The fourth-order valence-corrected chi connectivity index (χ4v) is 3.83. The maximum absolute atomic E-state index is 12.8. The second-order valence-electron chi connectivity index (χ2n) is 7.80. The smallest absolute Gasteiger partial charge is 0.338 e. The monoisotopic (exact) mass is 507 g/mol. The van der Waals surface area contributed by atoms with Crippen LogP contribution >= 0.6 is 11.6 Å². The van der Waals surface area contributed by atoms with E-state index in [-0.39, 0.29) is 33.9 Å². The molecule has 0 saturated heterocycles. The number of carbonyl (C=O) groups excluding carboxylic acids is 4. The molecule has 0 spiro atoms. The molecule has 0 aliphatic carbocycles. The third-order valence-electron chi connectivity index (χ3n) is 5.44. The summed E-state index contributed by atoms with van der Waals surface area (Å²) in [5.74, 6) is -2.68. The number of nitrogens with one attached hydrogen (secondary N) is 1. The van der Waals surface area contributed by atoms with Crippen molar-refractivity contribution < 1.29 is 28.8 Å². The molecule has 11 heteroatoms. The van der Waals surface area contributed by atoms with Crippen LogP contribution in [0.3, 0.4) is 0 Å². The molecule has 10 nitrogen and oxygen atoms in total. The SMILES string of the molecule is O=C(COC(=O)c1ccc2c(c1)C(=O)N(CCc1ccccc1)C2=O)Nc1ccc(Cl)cc1[N+](=O)[O-]. The first-order valence-corrected chi connectivity index (χ1v) is 11.1. The highest BCUT2D eigenvalue weighted by Crippen LogP contribution is 2.28. The van der Waals surface area contributed by atoms with Gasteiger partial charge in [-0.3, -0.25) is 29.4 Å². The van der Waals surface area contributed by atoms with Gasteiger partial charge in [-0.2, -0.15) is 0 Å². The highest BCUT2D eigenvalue weighted by Gasteiger charge is 2.35. The summed E-state index contributed by atoms with van der Waals surface area (Å²) in [6, 6.07) is 17.0. The van der Waals surface area contributed by atoms with Crippen LogP contribution in [-0.2, 0) is 16.0 Å². The Kier molecular flexibility index (Phi) is 7.07. The Balaban J connectivity index is 1.38. The van der Waals surface area contributed by atoms with Gasteiger partial charge in [0.05, 0.1) is 21.6 Å². The van der Waals surface area contributed by atoms with Crippen LogP contribution in [0.25, 0.3) is 0 Å². The first-order valence-electron chi connectivity index (χ1n) is 10.7. The maximum atomic E-state index is 12.8. The number of nitrogens with zero attached hydrogens (tertiary/aromatic N) is 2. The fourth-order valence-electron chi connectivity index (χ4n) is 3.67. The van der Waals surface area contributed by atoms with Gasteiger partial charge in [0.2, 0.25) is 0 Å². The van der Waals surface area contributed by atoms with Gasteiger partial charge in [0.25, 0.3) is 23.4 Å². The van der Waals surface area contributed by atoms with Crippen LogP contribution in [0, 0.1) is 10.1 Å². The number of nitro groups is 1.